The maximum Gasteiger partial charge on any atom is 0.322 e. The van der Waals surface area contributed by atoms with Gasteiger partial charge in [0.2, 0.25) is 0 Å². The lowest BCUT2D eigenvalue weighted by Crippen LogP contribution is -2.31. The van der Waals surface area contributed by atoms with Crippen molar-refractivity contribution in [2.45, 2.75) is 6.54 Å². The van der Waals surface area contributed by atoms with Crippen LogP contribution >= 0.6 is 0 Å². The summed E-state index contributed by atoms with van der Waals surface area (Å²) < 4.78 is 0. The normalized spacial score (nSPS) is 10.5. The van der Waals surface area contributed by atoms with E-state index in [9.17, 15) is 4.79 Å². The van der Waals surface area contributed by atoms with Crippen LogP contribution in [0.5, 0.6) is 0 Å². The standard InChI is InChI=1S/C16H16N4O/c1-20(11-15-17-9-10-18-15)16(21)19-14-8-4-6-12-5-2-3-7-13(12)14/h2-10H,11H2,1H3,(H,17,18)(H,19,21). The van der Waals surface area contributed by atoms with Crippen molar-refractivity contribution in [3.05, 3.63) is 60.7 Å². The Labute approximate surface area is 122 Å². The van der Waals surface area contributed by atoms with Crippen molar-refractivity contribution >= 4 is 22.5 Å². The molecule has 2 amide bonds. The number of aromatic nitrogens is 2. The number of fused-ring (bicyclic) bond motifs is 1. The molecule has 0 bridgehead atoms. The molecule has 5 heteroatoms. The fourth-order valence-electron chi connectivity index (χ4n) is 2.23. The van der Waals surface area contributed by atoms with E-state index in [0.29, 0.717) is 6.54 Å². The highest BCUT2D eigenvalue weighted by Gasteiger charge is 2.11. The molecule has 0 atom stereocenters. The zero-order valence-corrected chi connectivity index (χ0v) is 11.7. The fourth-order valence-corrected chi connectivity index (χ4v) is 2.23. The largest absolute Gasteiger partial charge is 0.347 e. The Morgan fingerprint density at radius 3 is 2.86 bits per heavy atom. The van der Waals surface area contributed by atoms with Gasteiger partial charge in [-0.15, -0.1) is 0 Å². The summed E-state index contributed by atoms with van der Waals surface area (Å²) in [5.41, 5.74) is 0.810. The lowest BCUT2D eigenvalue weighted by Gasteiger charge is -2.17. The van der Waals surface area contributed by atoms with Gasteiger partial charge in [-0.2, -0.15) is 0 Å². The number of H-pyrrole nitrogens is 1. The molecule has 0 aliphatic rings. The van der Waals surface area contributed by atoms with Crippen molar-refractivity contribution in [3.8, 4) is 0 Å². The number of carbonyl (C=O) groups excluding carboxylic acids is 1. The first-order valence-electron chi connectivity index (χ1n) is 6.72. The second-order valence-corrected chi connectivity index (χ2v) is 4.85. The van der Waals surface area contributed by atoms with Gasteiger partial charge in [0.05, 0.1) is 12.2 Å². The summed E-state index contributed by atoms with van der Waals surface area (Å²) in [5.74, 6) is 0.755. The lowest BCUT2D eigenvalue weighted by molar-refractivity contribution is 0.219. The zero-order valence-electron chi connectivity index (χ0n) is 11.7. The molecule has 0 aliphatic heterocycles. The third-order valence-electron chi connectivity index (χ3n) is 3.32. The SMILES string of the molecule is CN(Cc1ncc[nH]1)C(=O)Nc1cccc2ccccc12. The van der Waals surface area contributed by atoms with E-state index in [4.69, 9.17) is 0 Å². The Bertz CT molecular complexity index is 747. The average Bonchev–Trinajstić information content (AvgIpc) is 3.00. The van der Waals surface area contributed by atoms with E-state index in [1.54, 1.807) is 24.3 Å². The maximum atomic E-state index is 12.3. The first-order chi connectivity index (χ1) is 10.2. The van der Waals surface area contributed by atoms with Gasteiger partial charge in [0, 0.05) is 24.8 Å². The molecule has 2 N–H and O–H groups in total. The van der Waals surface area contributed by atoms with Gasteiger partial charge in [0.15, 0.2) is 0 Å². The molecule has 106 valence electrons. The summed E-state index contributed by atoms with van der Waals surface area (Å²) >= 11 is 0. The molecule has 21 heavy (non-hydrogen) atoms. The molecule has 0 spiro atoms. The van der Waals surface area contributed by atoms with E-state index in [-0.39, 0.29) is 6.03 Å². The number of rotatable bonds is 3. The molecule has 0 unspecified atom stereocenters. The van der Waals surface area contributed by atoms with Gasteiger partial charge in [0.25, 0.3) is 0 Å². The van der Waals surface area contributed by atoms with Crippen molar-refractivity contribution in [3.63, 3.8) is 0 Å². The van der Waals surface area contributed by atoms with Crippen LogP contribution in [-0.2, 0) is 6.54 Å². The molecule has 5 nitrogen and oxygen atoms in total. The number of urea groups is 1. The molecule has 0 fully saturated rings. The number of amides is 2. The fraction of sp³-hybridized carbons (Fsp3) is 0.125. The lowest BCUT2D eigenvalue weighted by atomic mass is 10.1. The maximum absolute atomic E-state index is 12.3. The quantitative estimate of drug-likeness (QED) is 0.773. The minimum Gasteiger partial charge on any atom is -0.347 e. The molecule has 0 saturated heterocycles. The van der Waals surface area contributed by atoms with E-state index < -0.39 is 0 Å². The average molecular weight is 280 g/mol. The molecule has 3 aromatic rings. The Kier molecular flexibility index (Phi) is 3.55. The number of benzene rings is 2. The summed E-state index contributed by atoms with van der Waals surface area (Å²) in [7, 11) is 1.74. The molecule has 0 aliphatic carbocycles. The second-order valence-electron chi connectivity index (χ2n) is 4.85. The highest BCUT2D eigenvalue weighted by molar-refractivity contribution is 6.01. The van der Waals surface area contributed by atoms with Crippen LogP contribution in [0.4, 0.5) is 10.5 Å². The molecular formula is C16H16N4O. The smallest absolute Gasteiger partial charge is 0.322 e. The van der Waals surface area contributed by atoms with Gasteiger partial charge in [0.1, 0.15) is 5.82 Å². The van der Waals surface area contributed by atoms with Gasteiger partial charge in [-0.25, -0.2) is 9.78 Å². The molecular weight excluding hydrogens is 264 g/mol. The van der Waals surface area contributed by atoms with Crippen LogP contribution in [0.3, 0.4) is 0 Å². The number of nitrogens with zero attached hydrogens (tertiary/aromatic N) is 2. The van der Waals surface area contributed by atoms with E-state index in [1.807, 2.05) is 42.5 Å². The summed E-state index contributed by atoms with van der Waals surface area (Å²) in [6, 6.07) is 13.7. The van der Waals surface area contributed by atoms with Gasteiger partial charge in [-0.1, -0.05) is 36.4 Å². The summed E-state index contributed by atoms with van der Waals surface area (Å²) in [4.78, 5) is 20.9. The van der Waals surface area contributed by atoms with E-state index >= 15 is 0 Å². The van der Waals surface area contributed by atoms with E-state index in [2.05, 4.69) is 15.3 Å². The zero-order chi connectivity index (χ0) is 14.7. The summed E-state index contributed by atoms with van der Waals surface area (Å²) in [6.45, 7) is 0.434. The van der Waals surface area contributed by atoms with E-state index in [0.717, 1.165) is 22.3 Å². The number of anilines is 1. The summed E-state index contributed by atoms with van der Waals surface area (Å²) in [5, 5.41) is 5.07. The van der Waals surface area contributed by atoms with Crippen molar-refractivity contribution in [1.29, 1.82) is 0 Å². The topological polar surface area (TPSA) is 61.0 Å². The molecule has 3 rings (SSSR count). The van der Waals surface area contributed by atoms with Gasteiger partial charge < -0.3 is 15.2 Å². The highest BCUT2D eigenvalue weighted by atomic mass is 16.2. The van der Waals surface area contributed by atoms with Crippen LogP contribution in [0.2, 0.25) is 0 Å². The van der Waals surface area contributed by atoms with Gasteiger partial charge >= 0.3 is 6.03 Å². The second kappa shape index (κ2) is 5.66. The monoisotopic (exact) mass is 280 g/mol. The van der Waals surface area contributed by atoms with Crippen LogP contribution in [-0.4, -0.2) is 27.9 Å². The van der Waals surface area contributed by atoms with Crippen molar-refractivity contribution < 1.29 is 4.79 Å². The minimum atomic E-state index is -0.164. The first-order valence-corrected chi connectivity index (χ1v) is 6.72. The number of aromatic amines is 1. The van der Waals surface area contributed by atoms with Crippen LogP contribution in [0, 0.1) is 0 Å². The summed E-state index contributed by atoms with van der Waals surface area (Å²) in [6.07, 6.45) is 3.41. The molecule has 1 heterocycles. The van der Waals surface area contributed by atoms with Crippen molar-refractivity contribution in [1.82, 2.24) is 14.9 Å². The molecule has 0 saturated carbocycles. The third-order valence-corrected chi connectivity index (χ3v) is 3.32. The van der Waals surface area contributed by atoms with E-state index in [1.165, 1.54) is 0 Å². The highest BCUT2D eigenvalue weighted by Crippen LogP contribution is 2.23. The number of carbonyl (C=O) groups is 1. The van der Waals surface area contributed by atoms with Crippen LogP contribution in [0.1, 0.15) is 5.82 Å². The predicted molar refractivity (Wildman–Crippen MR) is 83.0 cm³/mol. The van der Waals surface area contributed by atoms with Crippen LogP contribution in [0.25, 0.3) is 10.8 Å². The van der Waals surface area contributed by atoms with Gasteiger partial charge in [-0.3, -0.25) is 0 Å². The van der Waals surface area contributed by atoms with Crippen molar-refractivity contribution in [2.24, 2.45) is 0 Å². The molecule has 1 aromatic heterocycles. The van der Waals surface area contributed by atoms with Gasteiger partial charge in [-0.05, 0) is 11.5 Å². The number of hydrogen-bond donors (Lipinski definition) is 2. The van der Waals surface area contributed by atoms with Crippen LogP contribution in [0.15, 0.2) is 54.9 Å². The Morgan fingerprint density at radius 1 is 1.24 bits per heavy atom. The number of imidazole rings is 1. The first kappa shape index (κ1) is 13.2. The Hall–Kier alpha value is -2.82. The number of nitrogens with one attached hydrogen (secondary N) is 2. The molecule has 2 aromatic carbocycles. The predicted octanol–water partition coefficient (Wildman–Crippen LogP) is 3.23. The van der Waals surface area contributed by atoms with Crippen LogP contribution < -0.4 is 5.32 Å². The van der Waals surface area contributed by atoms with Crippen molar-refractivity contribution in [2.75, 3.05) is 12.4 Å². The Balaban J connectivity index is 1.77. The molecule has 0 radical (unpaired) electrons. The number of hydrogen-bond acceptors (Lipinski definition) is 2. The Morgan fingerprint density at radius 2 is 2.05 bits per heavy atom. The third kappa shape index (κ3) is 2.86. The minimum absolute atomic E-state index is 0.164.